The zero-order valence-electron chi connectivity index (χ0n) is 38.4. The molecule has 0 saturated heterocycles. The molecule has 9 atom stereocenters. The van der Waals surface area contributed by atoms with E-state index in [9.17, 15) is 39.9 Å². The molecular weight excluding hydrogens is 849 g/mol. The molecule has 15 heteroatoms. The summed E-state index contributed by atoms with van der Waals surface area (Å²) in [6.45, 7) is 12.4. The second-order valence-corrected chi connectivity index (χ2v) is 17.2. The molecule has 66 heavy (non-hydrogen) atoms. The molecule has 0 aliphatic carbocycles. The molecule has 0 spiro atoms. The van der Waals surface area contributed by atoms with Gasteiger partial charge in [-0.15, -0.1) is 0 Å². The van der Waals surface area contributed by atoms with Gasteiger partial charge in [0, 0.05) is 61.2 Å². The first-order valence-corrected chi connectivity index (χ1v) is 21.7. The van der Waals surface area contributed by atoms with Crippen LogP contribution >= 0.6 is 0 Å². The molecule has 5 bridgehead atoms. The molecular formula is C51H58N2O13. The summed E-state index contributed by atoms with van der Waals surface area (Å²) >= 11 is 0. The maximum Gasteiger partial charge on any atom is 0.312 e. The van der Waals surface area contributed by atoms with E-state index in [1.165, 1.54) is 53.2 Å². The number of ketones is 1. The number of amides is 1. The third kappa shape index (κ3) is 9.64. The van der Waals surface area contributed by atoms with Gasteiger partial charge in [-0.05, 0) is 31.1 Å². The molecule has 350 valence electrons. The summed E-state index contributed by atoms with van der Waals surface area (Å²) < 4.78 is 23.7. The molecule has 6 N–H and O–H groups in total. The fourth-order valence-corrected chi connectivity index (χ4v) is 8.59. The van der Waals surface area contributed by atoms with Gasteiger partial charge in [0.1, 0.15) is 23.4 Å². The van der Waals surface area contributed by atoms with E-state index in [0.29, 0.717) is 0 Å². The van der Waals surface area contributed by atoms with Gasteiger partial charge in [0.25, 0.3) is 11.7 Å². The molecule has 1 amide bonds. The Kier molecular flexibility index (Phi) is 14.9. The van der Waals surface area contributed by atoms with Crippen LogP contribution in [0.15, 0.2) is 102 Å². The number of nitrogens with one attached hydrogen (secondary N) is 1. The quantitative estimate of drug-likeness (QED) is 0.0342. The number of carbonyl (C=O) groups is 3. The van der Waals surface area contributed by atoms with E-state index in [0.717, 1.165) is 17.3 Å². The van der Waals surface area contributed by atoms with Gasteiger partial charge in [0.05, 0.1) is 53.0 Å². The van der Waals surface area contributed by atoms with Crippen molar-refractivity contribution in [1.29, 1.82) is 0 Å². The van der Waals surface area contributed by atoms with Gasteiger partial charge in [0.2, 0.25) is 0 Å². The van der Waals surface area contributed by atoms with Crippen LogP contribution in [0.4, 0.5) is 5.69 Å². The number of hydrogen-bond donors (Lipinski definition) is 6. The van der Waals surface area contributed by atoms with E-state index in [2.05, 4.69) is 10.5 Å². The number of anilines is 1. The van der Waals surface area contributed by atoms with Crippen LogP contribution in [-0.4, -0.2) is 86.7 Å². The third-order valence-corrected chi connectivity index (χ3v) is 12.6. The minimum absolute atomic E-state index is 0.0184. The highest BCUT2D eigenvalue weighted by Gasteiger charge is 2.50. The predicted octanol–water partition coefficient (Wildman–Crippen LogP) is 7.89. The van der Waals surface area contributed by atoms with Crippen LogP contribution in [0.5, 0.6) is 23.0 Å². The lowest BCUT2D eigenvalue weighted by atomic mass is 9.78. The second kappa shape index (κ2) is 20.2. The normalized spacial score (nSPS) is 26.3. The lowest BCUT2D eigenvalue weighted by Gasteiger charge is -2.38. The number of methoxy groups -OCH3 is 1. The largest absolute Gasteiger partial charge is 0.507 e. The third-order valence-electron chi connectivity index (χ3n) is 12.6. The Balaban J connectivity index is 1.53. The number of esters is 1. The summed E-state index contributed by atoms with van der Waals surface area (Å²) in [7, 11) is 1.43. The molecule has 3 aliphatic heterocycles. The van der Waals surface area contributed by atoms with Crippen LogP contribution in [0.25, 0.3) is 10.8 Å². The number of aliphatic hydroxyl groups excluding tert-OH is 2. The number of nitrogens with zero attached hydrogens (tertiary/aromatic N) is 1. The van der Waals surface area contributed by atoms with Crippen molar-refractivity contribution < 1.29 is 63.7 Å². The maximum absolute atomic E-state index is 14.6. The molecule has 9 unspecified atom stereocenters. The zero-order valence-corrected chi connectivity index (χ0v) is 38.4. The van der Waals surface area contributed by atoms with Crippen LogP contribution < -0.4 is 10.1 Å². The van der Waals surface area contributed by atoms with Gasteiger partial charge in [-0.2, -0.15) is 0 Å². The number of fused-ring (bicyclic) bond motifs is 14. The SMILES string of the molecule is COC1C=COC2(C)Oc3c(C)c(O)c4c(O)c(c(/C=N/OC(c5ccccc5)c5ccccc5)c(O)c4c3C2=O)NC(=O)C(C)=CC=CC(C)C(O)C(C)C(O)C(C)C(OC(C)=O)C1C. The average Bonchev–Trinajstić information content (AvgIpc) is 3.57. The Labute approximate surface area is 383 Å². The highest BCUT2D eigenvalue weighted by atomic mass is 16.7. The summed E-state index contributed by atoms with van der Waals surface area (Å²) in [6, 6.07) is 18.5. The Bertz CT molecular complexity index is 2530. The van der Waals surface area contributed by atoms with Crippen molar-refractivity contribution in [2.75, 3.05) is 12.4 Å². The molecule has 0 radical (unpaired) electrons. The van der Waals surface area contributed by atoms with Crippen LogP contribution in [-0.2, 0) is 28.6 Å². The van der Waals surface area contributed by atoms with Crippen LogP contribution in [0.1, 0.15) is 87.2 Å². The first-order valence-electron chi connectivity index (χ1n) is 21.7. The summed E-state index contributed by atoms with van der Waals surface area (Å²) in [4.78, 5) is 47.0. The second-order valence-electron chi connectivity index (χ2n) is 17.2. The van der Waals surface area contributed by atoms with Crippen molar-refractivity contribution in [2.45, 2.75) is 91.7 Å². The number of rotatable bonds is 7. The minimum atomic E-state index is -2.10. The summed E-state index contributed by atoms with van der Waals surface area (Å²) in [5, 5.41) is 65.3. The van der Waals surface area contributed by atoms with Gasteiger partial charge in [-0.1, -0.05) is 112 Å². The molecule has 7 rings (SSSR count). The average molecular weight is 907 g/mol. The predicted molar refractivity (Wildman–Crippen MR) is 247 cm³/mol. The Morgan fingerprint density at radius 1 is 0.848 bits per heavy atom. The monoisotopic (exact) mass is 906 g/mol. The lowest BCUT2D eigenvalue weighted by Crippen LogP contribution is -2.46. The number of phenols is 3. The van der Waals surface area contributed by atoms with E-state index in [4.69, 9.17) is 23.8 Å². The van der Waals surface area contributed by atoms with Gasteiger partial charge in [0.15, 0.2) is 11.9 Å². The van der Waals surface area contributed by atoms with Gasteiger partial charge < -0.3 is 54.6 Å². The number of hydrogen-bond acceptors (Lipinski definition) is 14. The molecule has 4 aromatic rings. The first kappa shape index (κ1) is 48.8. The number of benzene rings is 4. The highest BCUT2D eigenvalue weighted by molar-refractivity contribution is 6.23. The molecule has 15 nitrogen and oxygen atoms in total. The van der Waals surface area contributed by atoms with E-state index in [-0.39, 0.29) is 44.5 Å². The number of phenolic OH excluding ortho intramolecular Hbond substituents is 3. The van der Waals surface area contributed by atoms with Crippen molar-refractivity contribution in [2.24, 2.45) is 28.8 Å². The van der Waals surface area contributed by atoms with E-state index < -0.39 is 94.9 Å². The number of Topliss-reactive ketones (excluding diaryl/α,β-unsaturated/α-hetero) is 1. The fraction of sp³-hybridized carbons (Fsp3) is 0.373. The van der Waals surface area contributed by atoms with E-state index >= 15 is 0 Å². The van der Waals surface area contributed by atoms with Crippen LogP contribution in [0.3, 0.4) is 0 Å². The Morgan fingerprint density at radius 2 is 1.47 bits per heavy atom. The standard InChI is InChI=1S/C51H58N2O13/c1-26-17-16-18-27(2)50(61)53-40-35(25-52-66-48(33-19-12-10-13-20-33)34-21-14-11-15-22-34)44(58)37-38(45(40)59)43(57)31(6)47-39(37)49(60)51(8,65-47)63-24-23-36(62-9)28(3)46(64-32(7)54)30(5)42(56)29(4)41(26)55/h10-26,28-30,36,41-42,46,48,55-59H,1-9H3,(H,53,61)/b17-16?,24-23?,27-18?,52-25+. The maximum atomic E-state index is 14.6. The first-order chi connectivity index (χ1) is 31.3. The summed E-state index contributed by atoms with van der Waals surface area (Å²) in [6.07, 6.45) is 3.74. The minimum Gasteiger partial charge on any atom is -0.507 e. The topological polar surface area (TPSA) is 223 Å². The van der Waals surface area contributed by atoms with Gasteiger partial charge >= 0.3 is 11.8 Å². The smallest absolute Gasteiger partial charge is 0.312 e. The highest BCUT2D eigenvalue weighted by Crippen LogP contribution is 2.55. The van der Waals surface area contributed by atoms with Crippen molar-refractivity contribution in [1.82, 2.24) is 0 Å². The molecule has 0 fully saturated rings. The number of allylic oxidation sites excluding steroid dienone is 2. The number of aromatic hydroxyl groups is 3. The molecule has 0 saturated carbocycles. The van der Waals surface area contributed by atoms with Gasteiger partial charge in [-0.25, -0.2) is 0 Å². The van der Waals surface area contributed by atoms with Crippen LogP contribution in [0.2, 0.25) is 0 Å². The number of aliphatic hydroxyl groups is 2. The van der Waals surface area contributed by atoms with Crippen molar-refractivity contribution in [3.05, 3.63) is 125 Å². The van der Waals surface area contributed by atoms with Crippen molar-refractivity contribution in [3.8, 4) is 23.0 Å². The zero-order chi connectivity index (χ0) is 48.2. The van der Waals surface area contributed by atoms with Crippen molar-refractivity contribution >= 4 is 40.3 Å². The Hall–Kier alpha value is -6.68. The van der Waals surface area contributed by atoms with E-state index in [1.807, 2.05) is 60.7 Å². The fourth-order valence-electron chi connectivity index (χ4n) is 8.59. The molecule has 3 aliphatic rings. The van der Waals surface area contributed by atoms with Gasteiger partial charge in [-0.3, -0.25) is 14.4 Å². The van der Waals surface area contributed by atoms with Crippen LogP contribution in [0, 0.1) is 30.6 Å². The summed E-state index contributed by atoms with van der Waals surface area (Å²) in [5.74, 6) is -8.88. The Morgan fingerprint density at radius 3 is 2.06 bits per heavy atom. The molecule has 4 aromatic carbocycles. The number of carbonyl (C=O) groups excluding carboxylic acids is 3. The molecule has 3 heterocycles. The summed E-state index contributed by atoms with van der Waals surface area (Å²) in [5.41, 5.74) is 0.756. The molecule has 0 aromatic heterocycles. The van der Waals surface area contributed by atoms with E-state index in [1.54, 1.807) is 39.8 Å². The lowest BCUT2D eigenvalue weighted by molar-refractivity contribution is -0.160. The number of ether oxygens (including phenoxy) is 4. The number of oxime groups is 1. The van der Waals surface area contributed by atoms with Crippen molar-refractivity contribution in [3.63, 3.8) is 0 Å².